The molecule has 2 aliphatic heterocycles. The average molecular weight is 394 g/mol. The molecule has 7 heteroatoms. The molecule has 5 rings (SSSR count). The summed E-state index contributed by atoms with van der Waals surface area (Å²) in [6.45, 7) is 1.09. The number of carbonyl (C=O) groups is 1. The Bertz CT molecular complexity index is 1050. The Balaban J connectivity index is 1.55. The fourth-order valence-electron chi connectivity index (χ4n) is 3.62. The van der Waals surface area contributed by atoms with Gasteiger partial charge in [0.05, 0.1) is 17.7 Å². The molecule has 1 aromatic heterocycles. The lowest BCUT2D eigenvalue weighted by Crippen LogP contribution is -2.23. The maximum atomic E-state index is 12.5. The van der Waals surface area contributed by atoms with Gasteiger partial charge in [-0.15, -0.1) is 0 Å². The number of ether oxygens (including phenoxy) is 3. The Hall–Kier alpha value is -3.06. The number of carbonyl (C=O) groups excluding carboxylic acids is 1. The molecule has 28 heavy (non-hydrogen) atoms. The number of fused-ring (bicyclic) bond motifs is 2. The number of aromatic nitrogens is 1. The normalized spacial score (nSPS) is 17.6. The predicted octanol–water partition coefficient (Wildman–Crippen LogP) is 4.06. The van der Waals surface area contributed by atoms with Crippen LogP contribution in [0.3, 0.4) is 0 Å². The van der Waals surface area contributed by atoms with Gasteiger partial charge in [0.1, 0.15) is 24.7 Å². The summed E-state index contributed by atoms with van der Waals surface area (Å²) in [5, 5.41) is 3.02. The largest absolute Gasteiger partial charge is 0.497 e. The summed E-state index contributed by atoms with van der Waals surface area (Å²) in [5.41, 5.74) is 3.57. The van der Waals surface area contributed by atoms with E-state index in [1.807, 2.05) is 42.5 Å². The van der Waals surface area contributed by atoms with Gasteiger partial charge in [-0.25, -0.2) is 0 Å². The first-order chi connectivity index (χ1) is 13.7. The lowest BCUT2D eigenvalue weighted by atomic mass is 9.89. The van der Waals surface area contributed by atoms with Gasteiger partial charge < -0.3 is 19.5 Å². The molecule has 3 heterocycles. The Labute approximate surface area is 166 Å². The van der Waals surface area contributed by atoms with Gasteiger partial charge in [0.25, 0.3) is 0 Å². The summed E-state index contributed by atoms with van der Waals surface area (Å²) >= 11 is 1.43. The van der Waals surface area contributed by atoms with E-state index in [2.05, 4.69) is 9.69 Å². The highest BCUT2D eigenvalue weighted by molar-refractivity contribution is 7.07. The van der Waals surface area contributed by atoms with Crippen molar-refractivity contribution in [3.63, 3.8) is 0 Å². The molecular weight excluding hydrogens is 376 g/mol. The Morgan fingerprint density at radius 3 is 2.68 bits per heavy atom. The van der Waals surface area contributed by atoms with Crippen molar-refractivity contribution in [1.29, 1.82) is 0 Å². The van der Waals surface area contributed by atoms with E-state index in [0.29, 0.717) is 19.6 Å². The van der Waals surface area contributed by atoms with Crippen molar-refractivity contribution in [2.24, 2.45) is 0 Å². The van der Waals surface area contributed by atoms with Gasteiger partial charge >= 0.3 is 0 Å². The second-order valence-corrected chi connectivity index (χ2v) is 7.51. The molecule has 1 amide bonds. The van der Waals surface area contributed by atoms with Crippen LogP contribution in [0.15, 0.2) is 42.5 Å². The number of anilines is 1. The predicted molar refractivity (Wildman–Crippen MR) is 107 cm³/mol. The zero-order valence-corrected chi connectivity index (χ0v) is 16.0. The second-order valence-electron chi connectivity index (χ2n) is 6.71. The van der Waals surface area contributed by atoms with E-state index >= 15 is 0 Å². The maximum Gasteiger partial charge on any atom is 0.225 e. The summed E-state index contributed by atoms with van der Waals surface area (Å²) in [6.07, 6.45) is 0.386. The summed E-state index contributed by atoms with van der Waals surface area (Å²) < 4.78 is 21.2. The SMILES string of the molecule is COc1ccc(-c2nsc3c2NC(=O)CC3c2ccc3c(c2)OCCO3)cc1. The lowest BCUT2D eigenvalue weighted by molar-refractivity contribution is -0.116. The maximum absolute atomic E-state index is 12.5. The van der Waals surface area contributed by atoms with Gasteiger partial charge in [0.15, 0.2) is 11.5 Å². The monoisotopic (exact) mass is 394 g/mol. The van der Waals surface area contributed by atoms with E-state index in [0.717, 1.165) is 44.6 Å². The fraction of sp³-hybridized carbons (Fsp3) is 0.238. The molecule has 0 spiro atoms. The minimum absolute atomic E-state index is 0.0117. The molecule has 0 bridgehead atoms. The van der Waals surface area contributed by atoms with Crippen LogP contribution < -0.4 is 19.5 Å². The number of hydrogen-bond donors (Lipinski definition) is 1. The van der Waals surface area contributed by atoms with E-state index in [1.165, 1.54) is 11.5 Å². The van der Waals surface area contributed by atoms with Crippen LogP contribution in [0.25, 0.3) is 11.3 Å². The van der Waals surface area contributed by atoms with E-state index < -0.39 is 0 Å². The topological polar surface area (TPSA) is 69.7 Å². The number of nitrogens with zero attached hydrogens (tertiary/aromatic N) is 1. The van der Waals surface area contributed by atoms with E-state index in [9.17, 15) is 4.79 Å². The third-order valence-electron chi connectivity index (χ3n) is 5.02. The first kappa shape index (κ1) is 17.1. The molecule has 0 aliphatic carbocycles. The van der Waals surface area contributed by atoms with Crippen molar-refractivity contribution in [2.75, 3.05) is 25.6 Å². The Kier molecular flexibility index (Phi) is 4.16. The zero-order valence-electron chi connectivity index (χ0n) is 15.2. The molecule has 0 fully saturated rings. The number of hydrogen-bond acceptors (Lipinski definition) is 6. The highest BCUT2D eigenvalue weighted by Crippen LogP contribution is 2.46. The molecule has 0 saturated heterocycles. The van der Waals surface area contributed by atoms with E-state index in [1.54, 1.807) is 7.11 Å². The van der Waals surface area contributed by atoms with Gasteiger partial charge in [-0.3, -0.25) is 4.79 Å². The van der Waals surface area contributed by atoms with Crippen molar-refractivity contribution in [2.45, 2.75) is 12.3 Å². The minimum Gasteiger partial charge on any atom is -0.497 e. The van der Waals surface area contributed by atoms with Gasteiger partial charge in [0, 0.05) is 17.9 Å². The molecule has 0 radical (unpaired) electrons. The van der Waals surface area contributed by atoms with Crippen LogP contribution in [0.5, 0.6) is 17.2 Å². The molecule has 3 aromatic rings. The van der Waals surface area contributed by atoms with Crippen LogP contribution in [-0.4, -0.2) is 30.6 Å². The number of amides is 1. The zero-order chi connectivity index (χ0) is 19.1. The van der Waals surface area contributed by atoms with Crippen molar-refractivity contribution < 1.29 is 19.0 Å². The van der Waals surface area contributed by atoms with Crippen molar-refractivity contribution in [3.05, 3.63) is 52.9 Å². The summed E-state index contributed by atoms with van der Waals surface area (Å²) in [6, 6.07) is 13.6. The highest BCUT2D eigenvalue weighted by Gasteiger charge is 2.32. The van der Waals surface area contributed by atoms with E-state index in [-0.39, 0.29) is 11.8 Å². The van der Waals surface area contributed by atoms with Crippen molar-refractivity contribution >= 4 is 23.1 Å². The van der Waals surface area contributed by atoms with Crippen molar-refractivity contribution in [1.82, 2.24) is 4.37 Å². The molecule has 0 saturated carbocycles. The molecular formula is C21H18N2O4S. The van der Waals surface area contributed by atoms with Crippen molar-refractivity contribution in [3.8, 4) is 28.5 Å². The summed E-state index contributed by atoms with van der Waals surface area (Å²) in [5.74, 6) is 2.20. The number of benzene rings is 2. The van der Waals surface area contributed by atoms with Gasteiger partial charge in [0.2, 0.25) is 5.91 Å². The molecule has 6 nitrogen and oxygen atoms in total. The first-order valence-corrected chi connectivity index (χ1v) is 9.83. The standard InChI is InChI=1S/C21H18N2O4S/c1-25-14-5-2-12(3-6-14)19-20-21(28-23-19)15(11-18(24)22-20)13-4-7-16-17(10-13)27-9-8-26-16/h2-7,10,15H,8-9,11H2,1H3,(H,22,24). The number of rotatable bonds is 3. The Morgan fingerprint density at radius 1 is 1.11 bits per heavy atom. The molecule has 1 unspecified atom stereocenters. The molecule has 1 N–H and O–H groups in total. The van der Waals surface area contributed by atoms with E-state index in [4.69, 9.17) is 14.2 Å². The lowest BCUT2D eigenvalue weighted by Gasteiger charge is -2.25. The first-order valence-electron chi connectivity index (χ1n) is 9.06. The second kappa shape index (κ2) is 6.83. The van der Waals surface area contributed by atoms with Crippen LogP contribution >= 0.6 is 11.5 Å². The summed E-state index contributed by atoms with van der Waals surface area (Å²) in [7, 11) is 1.64. The van der Waals surface area contributed by atoms with Crippen LogP contribution in [0.2, 0.25) is 0 Å². The van der Waals surface area contributed by atoms with Crippen LogP contribution in [-0.2, 0) is 4.79 Å². The molecule has 1 atom stereocenters. The number of methoxy groups -OCH3 is 1. The van der Waals surface area contributed by atoms with Crippen LogP contribution in [0.1, 0.15) is 22.8 Å². The third kappa shape index (κ3) is 2.88. The molecule has 2 aliphatic rings. The van der Waals surface area contributed by atoms with Gasteiger partial charge in [-0.2, -0.15) is 4.37 Å². The van der Waals surface area contributed by atoms with Crippen LogP contribution in [0, 0.1) is 0 Å². The van der Waals surface area contributed by atoms with Gasteiger partial charge in [-0.05, 0) is 53.5 Å². The smallest absolute Gasteiger partial charge is 0.225 e. The fourth-order valence-corrected chi connectivity index (χ4v) is 4.59. The van der Waals surface area contributed by atoms with Crippen LogP contribution in [0.4, 0.5) is 5.69 Å². The number of nitrogens with one attached hydrogen (secondary N) is 1. The molecule has 142 valence electrons. The Morgan fingerprint density at radius 2 is 1.89 bits per heavy atom. The quantitative estimate of drug-likeness (QED) is 0.725. The highest BCUT2D eigenvalue weighted by atomic mass is 32.1. The van der Waals surface area contributed by atoms with Gasteiger partial charge in [-0.1, -0.05) is 6.07 Å². The summed E-state index contributed by atoms with van der Waals surface area (Å²) in [4.78, 5) is 13.5. The third-order valence-corrected chi connectivity index (χ3v) is 5.98. The molecule has 2 aromatic carbocycles. The average Bonchev–Trinajstić information content (AvgIpc) is 3.16. The minimum atomic E-state index is -0.0518.